The van der Waals surface area contributed by atoms with E-state index in [-0.39, 0.29) is 0 Å². The number of hydrogen-bond acceptors (Lipinski definition) is 1. The molecule has 0 bridgehead atoms. The molecule has 1 aliphatic rings. The number of hydrogen-bond donors (Lipinski definition) is 1. The quantitative estimate of drug-likeness (QED) is 0.565. The van der Waals surface area contributed by atoms with E-state index >= 15 is 0 Å². The van der Waals surface area contributed by atoms with Crippen LogP contribution in [0.1, 0.15) is 22.3 Å². The van der Waals surface area contributed by atoms with E-state index in [2.05, 4.69) is 77.0 Å². The lowest BCUT2D eigenvalue weighted by molar-refractivity contribution is 0.130. The average molecular weight is 442 g/mol. The normalized spacial score (nSPS) is 14.3. The summed E-state index contributed by atoms with van der Waals surface area (Å²) in [7, 11) is 2.07. The molecule has 0 spiro atoms. The first-order valence-corrected chi connectivity index (χ1v) is 9.40. The molecule has 0 aromatic heterocycles. The molecule has 1 N–H and O–H groups in total. The van der Waals surface area contributed by atoms with E-state index in [9.17, 15) is 5.11 Å². The van der Waals surface area contributed by atoms with Gasteiger partial charge in [0.15, 0.2) is 0 Å². The maximum absolute atomic E-state index is 11.9. The molecule has 0 fully saturated rings. The molecule has 0 atom stereocenters. The highest BCUT2D eigenvalue weighted by molar-refractivity contribution is 9.10. The largest absolute Gasteiger partial charge is 0.376 e. The van der Waals surface area contributed by atoms with Crippen molar-refractivity contribution >= 4 is 45.2 Å². The van der Waals surface area contributed by atoms with Crippen molar-refractivity contribution in [3.63, 3.8) is 0 Å². The Kier molecular flexibility index (Phi) is 3.75. The first-order chi connectivity index (χ1) is 11.4. The minimum absolute atomic E-state index is 0.913. The number of aliphatic hydroxyl groups is 1. The van der Waals surface area contributed by atoms with Crippen LogP contribution < -0.4 is 5.46 Å². The van der Waals surface area contributed by atoms with Gasteiger partial charge in [0.1, 0.15) is 13.4 Å². The van der Waals surface area contributed by atoms with Crippen LogP contribution in [0.4, 0.5) is 0 Å². The zero-order chi connectivity index (χ0) is 17.1. The molecule has 0 saturated carbocycles. The molecule has 0 aliphatic heterocycles. The highest BCUT2D eigenvalue weighted by Crippen LogP contribution is 2.52. The van der Waals surface area contributed by atoms with E-state index in [1.165, 1.54) is 0 Å². The van der Waals surface area contributed by atoms with Crippen molar-refractivity contribution in [1.82, 2.24) is 0 Å². The first kappa shape index (κ1) is 16.1. The van der Waals surface area contributed by atoms with E-state index in [0.717, 1.165) is 47.8 Å². The molecule has 0 radical (unpaired) electrons. The van der Waals surface area contributed by atoms with Crippen LogP contribution >= 0.6 is 31.9 Å². The van der Waals surface area contributed by atoms with Crippen LogP contribution in [-0.4, -0.2) is 13.0 Å². The summed E-state index contributed by atoms with van der Waals surface area (Å²) in [5, 5.41) is 11.9. The van der Waals surface area contributed by atoms with E-state index in [1.807, 2.05) is 24.3 Å². The molecule has 0 amide bonds. The van der Waals surface area contributed by atoms with E-state index < -0.39 is 5.60 Å². The number of fused-ring (bicyclic) bond motifs is 3. The predicted octanol–water partition coefficient (Wildman–Crippen LogP) is 4.04. The monoisotopic (exact) mass is 440 g/mol. The van der Waals surface area contributed by atoms with Crippen LogP contribution in [-0.2, 0) is 5.60 Å². The lowest BCUT2D eigenvalue weighted by Gasteiger charge is -2.27. The van der Waals surface area contributed by atoms with Crippen LogP contribution in [0.2, 0.25) is 0 Å². The molecule has 3 aromatic carbocycles. The molecule has 24 heavy (non-hydrogen) atoms. The SMILES string of the molecule is Bc1cc(C)cc(C2(O)c3cc(Br)ccc3-c3ccc(Br)cc32)c1. The van der Waals surface area contributed by atoms with E-state index in [0.29, 0.717) is 0 Å². The van der Waals surface area contributed by atoms with Crippen molar-refractivity contribution in [2.45, 2.75) is 12.5 Å². The van der Waals surface area contributed by atoms with Crippen LogP contribution in [0, 0.1) is 6.92 Å². The van der Waals surface area contributed by atoms with Gasteiger partial charge in [-0.25, -0.2) is 0 Å². The number of benzene rings is 3. The van der Waals surface area contributed by atoms with Gasteiger partial charge in [-0.1, -0.05) is 73.2 Å². The molecule has 0 heterocycles. The molecule has 1 nitrogen and oxygen atoms in total. The Hall–Kier alpha value is -1.36. The van der Waals surface area contributed by atoms with Gasteiger partial charge >= 0.3 is 0 Å². The van der Waals surface area contributed by atoms with Gasteiger partial charge in [0.05, 0.1) is 0 Å². The van der Waals surface area contributed by atoms with Gasteiger partial charge in [0.2, 0.25) is 0 Å². The van der Waals surface area contributed by atoms with Crippen molar-refractivity contribution in [3.8, 4) is 11.1 Å². The Labute approximate surface area is 159 Å². The minimum Gasteiger partial charge on any atom is -0.376 e. The Morgan fingerprint density at radius 1 is 0.833 bits per heavy atom. The third-order valence-corrected chi connectivity index (χ3v) is 5.66. The van der Waals surface area contributed by atoms with Crippen molar-refractivity contribution in [1.29, 1.82) is 0 Å². The smallest absolute Gasteiger partial charge is 0.141 e. The maximum atomic E-state index is 11.9. The molecule has 4 rings (SSSR count). The molecule has 3 aromatic rings. The molecule has 118 valence electrons. The summed E-state index contributed by atoms with van der Waals surface area (Å²) in [4.78, 5) is 0. The fourth-order valence-electron chi connectivity index (χ4n) is 3.74. The summed E-state index contributed by atoms with van der Waals surface area (Å²) in [5.41, 5.74) is 6.09. The zero-order valence-electron chi connectivity index (χ0n) is 13.4. The minimum atomic E-state index is -1.14. The van der Waals surface area contributed by atoms with Gasteiger partial charge in [0.25, 0.3) is 0 Å². The highest BCUT2D eigenvalue weighted by atomic mass is 79.9. The predicted molar refractivity (Wildman–Crippen MR) is 109 cm³/mol. The summed E-state index contributed by atoms with van der Waals surface area (Å²) < 4.78 is 1.94. The number of halogens is 2. The molecular weight excluding hydrogens is 427 g/mol. The second kappa shape index (κ2) is 5.58. The zero-order valence-corrected chi connectivity index (χ0v) is 16.6. The average Bonchev–Trinajstić information content (AvgIpc) is 2.76. The summed E-state index contributed by atoms with van der Waals surface area (Å²) >= 11 is 7.11. The third kappa shape index (κ3) is 2.32. The fraction of sp³-hybridized carbons (Fsp3) is 0.100. The Balaban J connectivity index is 2.11. The maximum Gasteiger partial charge on any atom is 0.141 e. The van der Waals surface area contributed by atoms with Gasteiger partial charge in [-0.15, -0.1) is 0 Å². The number of rotatable bonds is 1. The summed E-state index contributed by atoms with van der Waals surface area (Å²) in [6.45, 7) is 2.07. The highest BCUT2D eigenvalue weighted by Gasteiger charge is 2.43. The van der Waals surface area contributed by atoms with Gasteiger partial charge in [-0.2, -0.15) is 0 Å². The van der Waals surface area contributed by atoms with Crippen molar-refractivity contribution in [2.24, 2.45) is 0 Å². The van der Waals surface area contributed by atoms with E-state index in [1.54, 1.807) is 0 Å². The Morgan fingerprint density at radius 2 is 1.38 bits per heavy atom. The molecular formula is C20H15BBr2O. The standard InChI is InChI=1S/C20H15BBr2O/c1-11-6-12(8-13(21)7-11)20(24)18-9-14(22)2-4-16(18)17-5-3-15(23)10-19(17)20/h2-10,24H,21H2,1H3. The summed E-state index contributed by atoms with van der Waals surface area (Å²) in [6, 6.07) is 18.5. The van der Waals surface area contributed by atoms with Gasteiger partial charge in [-0.3, -0.25) is 0 Å². The van der Waals surface area contributed by atoms with Crippen LogP contribution in [0.3, 0.4) is 0 Å². The summed E-state index contributed by atoms with van der Waals surface area (Å²) in [5.74, 6) is 0. The Morgan fingerprint density at radius 3 is 1.88 bits per heavy atom. The van der Waals surface area contributed by atoms with Crippen LogP contribution in [0.15, 0.2) is 63.5 Å². The molecule has 0 unspecified atom stereocenters. The second-order valence-corrected chi connectivity index (χ2v) is 8.30. The van der Waals surface area contributed by atoms with Crippen LogP contribution in [0.25, 0.3) is 11.1 Å². The van der Waals surface area contributed by atoms with Crippen LogP contribution in [0.5, 0.6) is 0 Å². The van der Waals surface area contributed by atoms with Gasteiger partial charge < -0.3 is 5.11 Å². The van der Waals surface area contributed by atoms with Crippen molar-refractivity contribution in [2.75, 3.05) is 0 Å². The van der Waals surface area contributed by atoms with E-state index in [4.69, 9.17) is 0 Å². The van der Waals surface area contributed by atoms with Gasteiger partial charge in [-0.05, 0) is 47.9 Å². The Bertz CT molecular complexity index is 910. The third-order valence-electron chi connectivity index (χ3n) is 4.67. The van der Waals surface area contributed by atoms with Gasteiger partial charge in [0, 0.05) is 20.1 Å². The molecule has 0 saturated heterocycles. The lowest BCUT2D eigenvalue weighted by Crippen LogP contribution is -2.28. The number of aryl methyl sites for hydroxylation is 1. The van der Waals surface area contributed by atoms with Crippen molar-refractivity contribution in [3.05, 3.63) is 85.8 Å². The lowest BCUT2D eigenvalue weighted by atomic mass is 9.80. The fourth-order valence-corrected chi connectivity index (χ4v) is 4.46. The second-order valence-electron chi connectivity index (χ2n) is 6.47. The first-order valence-electron chi connectivity index (χ1n) is 7.81. The molecule has 1 aliphatic carbocycles. The molecule has 4 heteroatoms. The topological polar surface area (TPSA) is 20.2 Å². The summed E-state index contributed by atoms with van der Waals surface area (Å²) in [6.07, 6.45) is 0. The van der Waals surface area contributed by atoms with Crippen molar-refractivity contribution < 1.29 is 5.11 Å².